The maximum Gasteiger partial charge on any atom is 0.394 e. The van der Waals surface area contributed by atoms with Gasteiger partial charge in [-0.1, -0.05) is 103 Å². The fourth-order valence-corrected chi connectivity index (χ4v) is 4.28. The monoisotopic (exact) mass is 633 g/mol. The summed E-state index contributed by atoms with van der Waals surface area (Å²) in [6.07, 6.45) is 22.4. The van der Waals surface area contributed by atoms with Crippen LogP contribution in [-0.4, -0.2) is 58.1 Å². The number of nitrogens with zero attached hydrogens (tertiary/aromatic N) is 1. The van der Waals surface area contributed by atoms with Crippen molar-refractivity contribution in [2.24, 2.45) is 5.73 Å². The molecule has 0 saturated heterocycles. The van der Waals surface area contributed by atoms with Gasteiger partial charge in [-0.3, -0.25) is 9.11 Å². The van der Waals surface area contributed by atoms with Gasteiger partial charge in [-0.05, 0) is 65.5 Å². The quantitative estimate of drug-likeness (QED) is 0.0614. The molecule has 0 amide bonds. The van der Waals surface area contributed by atoms with Gasteiger partial charge in [-0.2, -0.15) is 8.42 Å². The van der Waals surface area contributed by atoms with E-state index in [0.717, 1.165) is 26.1 Å². The van der Waals surface area contributed by atoms with Gasteiger partial charge in [0.05, 0.1) is 6.61 Å². The summed E-state index contributed by atoms with van der Waals surface area (Å²) in [4.78, 5) is 2.10. The second-order valence-electron chi connectivity index (χ2n) is 10.6. The predicted molar refractivity (Wildman–Crippen MR) is 178 cm³/mol. The number of unbranched alkanes of at least 4 members (excludes halogenated alkanes) is 15. The van der Waals surface area contributed by atoms with Crippen molar-refractivity contribution < 1.29 is 27.0 Å². The molecular formula is C28H63N3O6S3. The molecule has 0 aromatic carbocycles. The third kappa shape index (κ3) is 50.1. The number of thiocarbonyl (C=S) groups is 2. The van der Waals surface area contributed by atoms with E-state index < -0.39 is 10.4 Å². The molecule has 0 aliphatic heterocycles. The largest absolute Gasteiger partial charge is 0.471 e. The Morgan fingerprint density at radius 1 is 0.725 bits per heavy atom. The molecule has 0 radical (unpaired) electrons. The molecule has 12 heteroatoms. The first kappa shape index (κ1) is 46.2. The molecule has 0 aromatic heterocycles. The highest BCUT2D eigenvalue weighted by Gasteiger charge is 2.10. The molecule has 0 aromatic rings. The Labute approximate surface area is 257 Å². The van der Waals surface area contributed by atoms with Crippen molar-refractivity contribution in [1.29, 1.82) is 0 Å². The highest BCUT2D eigenvalue weighted by Crippen LogP contribution is 2.13. The minimum absolute atomic E-state index is 0. The van der Waals surface area contributed by atoms with E-state index in [1.165, 1.54) is 96.3 Å². The van der Waals surface area contributed by atoms with Gasteiger partial charge in [0.15, 0.2) is 0 Å². The molecule has 0 saturated carbocycles. The van der Waals surface area contributed by atoms with Crippen LogP contribution >= 0.6 is 24.4 Å². The first-order valence-corrected chi connectivity index (χ1v) is 17.0. The molecule has 0 fully saturated rings. The van der Waals surface area contributed by atoms with Crippen molar-refractivity contribution in [1.82, 2.24) is 11.1 Å². The Kier molecular flexibility index (Phi) is 36.0. The van der Waals surface area contributed by atoms with Gasteiger partial charge in [-0.15, -0.1) is 0 Å². The molecular weight excluding hydrogens is 571 g/mol. The Bertz CT molecular complexity index is 663. The van der Waals surface area contributed by atoms with Crippen molar-refractivity contribution in [3.63, 3.8) is 0 Å². The van der Waals surface area contributed by atoms with Crippen LogP contribution in [0, 0.1) is 0 Å². The average Bonchev–Trinajstić information content (AvgIpc) is 2.79. The third-order valence-electron chi connectivity index (χ3n) is 5.65. The number of hydrogen-bond donors (Lipinski definition) is 4. The van der Waals surface area contributed by atoms with Crippen molar-refractivity contribution in [3.05, 3.63) is 0 Å². The van der Waals surface area contributed by atoms with E-state index in [9.17, 15) is 0 Å². The molecule has 0 aliphatic rings. The van der Waals surface area contributed by atoms with Crippen LogP contribution in [0.4, 0.5) is 0 Å². The van der Waals surface area contributed by atoms with Gasteiger partial charge in [0.1, 0.15) is 5.60 Å². The van der Waals surface area contributed by atoms with Crippen LogP contribution in [0.3, 0.4) is 0 Å². The smallest absolute Gasteiger partial charge is 0.394 e. The Morgan fingerprint density at radius 3 is 1.25 bits per heavy atom. The van der Waals surface area contributed by atoms with Gasteiger partial charge in [0.25, 0.3) is 10.3 Å². The van der Waals surface area contributed by atoms with Gasteiger partial charge in [-0.25, -0.2) is 0 Å². The zero-order valence-corrected chi connectivity index (χ0v) is 28.9. The van der Waals surface area contributed by atoms with Crippen molar-refractivity contribution in [2.45, 2.75) is 150 Å². The van der Waals surface area contributed by atoms with Gasteiger partial charge in [0, 0.05) is 13.1 Å². The van der Waals surface area contributed by atoms with Crippen LogP contribution in [0.5, 0.6) is 0 Å². The molecule has 0 heterocycles. The van der Waals surface area contributed by atoms with Crippen LogP contribution in [0.25, 0.3) is 0 Å². The second-order valence-corrected chi connectivity index (χ2v) is 12.2. The molecule has 0 rings (SSSR count). The van der Waals surface area contributed by atoms with Crippen LogP contribution in [0.1, 0.15) is 144 Å². The van der Waals surface area contributed by atoms with E-state index in [1.807, 2.05) is 20.8 Å². The normalized spacial score (nSPS) is 10.7. The lowest BCUT2D eigenvalue weighted by atomic mass is 10.0. The van der Waals surface area contributed by atoms with E-state index >= 15 is 0 Å². The molecule has 9 nitrogen and oxygen atoms in total. The molecule has 244 valence electrons. The number of hydrogen-bond acceptors (Lipinski definition) is 7. The first-order chi connectivity index (χ1) is 18.2. The molecule has 0 spiro atoms. The lowest BCUT2D eigenvalue weighted by Crippen LogP contribution is -2.31. The summed E-state index contributed by atoms with van der Waals surface area (Å²) < 4.78 is 42.2. The maximum atomic E-state index is 8.74. The van der Waals surface area contributed by atoms with Crippen molar-refractivity contribution in [2.75, 3.05) is 19.7 Å². The van der Waals surface area contributed by atoms with E-state index in [1.54, 1.807) is 0 Å². The molecule has 7 N–H and O–H groups in total. The van der Waals surface area contributed by atoms with Crippen molar-refractivity contribution in [3.8, 4) is 0 Å². The Morgan fingerprint density at radius 2 is 1.02 bits per heavy atom. The maximum absolute atomic E-state index is 8.74. The standard InChI is InChI=1S/C23H47NOS.C5H11NOS.H3N.H2O4S/c1-4-7-8-9-10-11-12-13-14-15-16-17-18-19-20-21-22-25-23(26)24(5-2)6-3;1-5(2,3)7-4(6)8;;1-5(2,3)4/h4-22H2,1-3H3;1-3H3,(H2,6,8);1H3;(H2,1,2,3,4). The SMILES string of the molecule is CC(C)(C)OC(N)=S.CCCCCCCCCCCCCCCCCCOC(=S)N(CC)CC.N.O=S(=O)(O)O. The Balaban J connectivity index is -0.000000381. The van der Waals surface area contributed by atoms with E-state index in [0.29, 0.717) is 5.17 Å². The molecule has 0 aliphatic carbocycles. The van der Waals surface area contributed by atoms with E-state index in [4.69, 9.17) is 44.9 Å². The molecule has 0 bridgehead atoms. The highest BCUT2D eigenvalue weighted by molar-refractivity contribution is 7.80. The lowest BCUT2D eigenvalue weighted by Gasteiger charge is -2.21. The summed E-state index contributed by atoms with van der Waals surface area (Å²) in [6.45, 7) is 14.9. The minimum atomic E-state index is -4.67. The zero-order valence-electron chi connectivity index (χ0n) is 26.4. The number of ether oxygens (including phenoxy) is 2. The lowest BCUT2D eigenvalue weighted by molar-refractivity contribution is 0.119. The second kappa shape index (κ2) is 31.2. The zero-order chi connectivity index (χ0) is 30.6. The van der Waals surface area contributed by atoms with E-state index in [-0.39, 0.29) is 16.9 Å². The van der Waals surface area contributed by atoms with Gasteiger partial charge < -0.3 is 26.3 Å². The summed E-state index contributed by atoms with van der Waals surface area (Å²) in [5.74, 6) is 0. The van der Waals surface area contributed by atoms with E-state index in [2.05, 4.69) is 37.9 Å². The fraction of sp³-hybridized carbons (Fsp3) is 0.929. The topological polar surface area (TPSA) is 157 Å². The fourth-order valence-electron chi connectivity index (χ4n) is 3.68. The minimum Gasteiger partial charge on any atom is -0.471 e. The predicted octanol–water partition coefficient (Wildman–Crippen LogP) is 8.45. The average molecular weight is 634 g/mol. The van der Waals surface area contributed by atoms with Gasteiger partial charge >= 0.3 is 10.4 Å². The first-order valence-electron chi connectivity index (χ1n) is 14.8. The summed E-state index contributed by atoms with van der Waals surface area (Å²) in [7, 11) is -4.67. The molecule has 0 atom stereocenters. The summed E-state index contributed by atoms with van der Waals surface area (Å²) >= 11 is 9.79. The van der Waals surface area contributed by atoms with Crippen LogP contribution < -0.4 is 11.9 Å². The Hall–Kier alpha value is -0.790. The third-order valence-corrected chi connectivity index (χ3v) is 6.11. The van der Waals surface area contributed by atoms with Crippen LogP contribution in [-0.2, 0) is 19.9 Å². The number of nitrogens with two attached hydrogens (primary N) is 1. The summed E-state index contributed by atoms with van der Waals surface area (Å²) in [6, 6.07) is 0. The van der Waals surface area contributed by atoms with Crippen molar-refractivity contribution >= 4 is 45.2 Å². The molecule has 40 heavy (non-hydrogen) atoms. The van der Waals surface area contributed by atoms with Gasteiger partial charge in [0.2, 0.25) is 0 Å². The summed E-state index contributed by atoms with van der Waals surface area (Å²) in [5.41, 5.74) is 4.84. The number of rotatable bonds is 19. The summed E-state index contributed by atoms with van der Waals surface area (Å²) in [5, 5.41) is 0.786. The molecule has 0 unspecified atom stereocenters. The van der Waals surface area contributed by atoms with Crippen LogP contribution in [0.2, 0.25) is 0 Å². The highest BCUT2D eigenvalue weighted by atomic mass is 32.3. The van der Waals surface area contributed by atoms with Crippen LogP contribution in [0.15, 0.2) is 0 Å².